The number of carbonyl (C=O) groups is 2. The van der Waals surface area contributed by atoms with Crippen molar-refractivity contribution in [2.75, 3.05) is 25.0 Å². The number of benzene rings is 2. The summed E-state index contributed by atoms with van der Waals surface area (Å²) < 4.78 is 26.3. The van der Waals surface area contributed by atoms with Crippen molar-refractivity contribution in [2.24, 2.45) is 0 Å². The molecule has 3 rings (SSSR count). The van der Waals surface area contributed by atoms with Crippen molar-refractivity contribution < 1.29 is 18.0 Å². The summed E-state index contributed by atoms with van der Waals surface area (Å²) in [6.07, 6.45) is 0. The molecule has 0 spiro atoms. The fraction of sp³-hybridized carbons (Fsp3) is 0.176. The summed E-state index contributed by atoms with van der Waals surface area (Å²) in [6.45, 7) is 0.248. The smallest absolute Gasteiger partial charge is 0.255 e. The van der Waals surface area contributed by atoms with Crippen molar-refractivity contribution in [1.82, 2.24) is 9.62 Å². The monoisotopic (exact) mass is 427 g/mol. The molecule has 1 aliphatic rings. The van der Waals surface area contributed by atoms with Crippen LogP contribution in [0.5, 0.6) is 0 Å². The molecule has 27 heavy (non-hydrogen) atoms. The molecule has 2 N–H and O–H groups in total. The van der Waals surface area contributed by atoms with E-state index >= 15 is 0 Å². The van der Waals surface area contributed by atoms with Crippen molar-refractivity contribution >= 4 is 50.7 Å². The van der Waals surface area contributed by atoms with Crippen LogP contribution in [0.4, 0.5) is 5.69 Å². The summed E-state index contributed by atoms with van der Waals surface area (Å²) in [5.41, 5.74) is 0.738. The lowest BCUT2D eigenvalue weighted by Gasteiger charge is -2.25. The van der Waals surface area contributed by atoms with Crippen LogP contribution in [0, 0.1) is 0 Å². The van der Waals surface area contributed by atoms with E-state index < -0.39 is 15.9 Å². The molecule has 0 saturated carbocycles. The van der Waals surface area contributed by atoms with Gasteiger partial charge in [-0.1, -0.05) is 23.2 Å². The normalized spacial score (nSPS) is 15.3. The first-order chi connectivity index (χ1) is 12.8. The highest BCUT2D eigenvalue weighted by Crippen LogP contribution is 2.25. The van der Waals surface area contributed by atoms with Crippen LogP contribution in [-0.4, -0.2) is 44.2 Å². The third-order valence-corrected chi connectivity index (χ3v) is 6.53. The molecule has 1 aliphatic heterocycles. The first-order valence-electron chi connectivity index (χ1n) is 7.91. The number of nitrogens with one attached hydrogen (secondary N) is 2. The molecule has 2 aromatic rings. The number of rotatable bonds is 4. The molecule has 1 saturated heterocycles. The predicted molar refractivity (Wildman–Crippen MR) is 103 cm³/mol. The average molecular weight is 428 g/mol. The Morgan fingerprint density at radius 3 is 2.41 bits per heavy atom. The van der Waals surface area contributed by atoms with Crippen molar-refractivity contribution in [1.29, 1.82) is 0 Å². The summed E-state index contributed by atoms with van der Waals surface area (Å²) in [5.74, 6) is -0.767. The van der Waals surface area contributed by atoms with Crippen molar-refractivity contribution in [2.45, 2.75) is 4.90 Å². The molecule has 7 nitrogen and oxygen atoms in total. The summed E-state index contributed by atoms with van der Waals surface area (Å²) in [7, 11) is -3.80. The van der Waals surface area contributed by atoms with Gasteiger partial charge < -0.3 is 10.6 Å². The lowest BCUT2D eigenvalue weighted by atomic mass is 10.2. The van der Waals surface area contributed by atoms with Gasteiger partial charge in [-0.25, -0.2) is 8.42 Å². The predicted octanol–water partition coefficient (Wildman–Crippen LogP) is 2.37. The van der Waals surface area contributed by atoms with Crippen molar-refractivity contribution in [3.8, 4) is 0 Å². The Morgan fingerprint density at radius 1 is 1.07 bits per heavy atom. The largest absolute Gasteiger partial charge is 0.354 e. The van der Waals surface area contributed by atoms with Crippen LogP contribution < -0.4 is 10.6 Å². The zero-order chi connectivity index (χ0) is 19.6. The van der Waals surface area contributed by atoms with Crippen LogP contribution >= 0.6 is 23.2 Å². The van der Waals surface area contributed by atoms with E-state index in [0.29, 0.717) is 15.7 Å². The maximum absolute atomic E-state index is 12.6. The van der Waals surface area contributed by atoms with Gasteiger partial charge in [0.25, 0.3) is 5.91 Å². The zero-order valence-electron chi connectivity index (χ0n) is 13.9. The lowest BCUT2D eigenvalue weighted by Crippen LogP contribution is -2.49. The Balaban J connectivity index is 1.75. The van der Waals surface area contributed by atoms with Crippen molar-refractivity contribution in [3.63, 3.8) is 0 Å². The Kier molecular flexibility index (Phi) is 5.71. The number of hydrogen-bond acceptors (Lipinski definition) is 4. The second kappa shape index (κ2) is 7.85. The van der Waals surface area contributed by atoms with E-state index in [2.05, 4.69) is 10.6 Å². The number of carbonyl (C=O) groups excluding carboxylic acids is 2. The molecule has 0 radical (unpaired) electrons. The van der Waals surface area contributed by atoms with E-state index in [4.69, 9.17) is 23.2 Å². The van der Waals surface area contributed by atoms with Gasteiger partial charge >= 0.3 is 0 Å². The standard InChI is InChI=1S/C17H15Cl2N3O4S/c18-14-6-3-12(9-15(14)19)21-17(24)11-1-4-13(5-2-11)27(25,26)22-8-7-20-16(23)10-22/h1-6,9H,7-8,10H2,(H,20,23)(H,21,24). The maximum atomic E-state index is 12.6. The lowest BCUT2D eigenvalue weighted by molar-refractivity contribution is -0.122. The van der Waals surface area contributed by atoms with E-state index in [1.165, 1.54) is 30.3 Å². The zero-order valence-corrected chi connectivity index (χ0v) is 16.2. The quantitative estimate of drug-likeness (QED) is 0.782. The SMILES string of the molecule is O=C1CN(S(=O)(=O)c2ccc(C(=O)Nc3ccc(Cl)c(Cl)c3)cc2)CCN1. The highest BCUT2D eigenvalue weighted by molar-refractivity contribution is 7.89. The fourth-order valence-electron chi connectivity index (χ4n) is 2.52. The van der Waals surface area contributed by atoms with E-state index in [0.717, 1.165) is 4.31 Å². The molecule has 1 fully saturated rings. The fourth-order valence-corrected chi connectivity index (χ4v) is 4.22. The highest BCUT2D eigenvalue weighted by atomic mass is 35.5. The Bertz CT molecular complexity index is 994. The van der Waals surface area contributed by atoms with Crippen LogP contribution in [0.1, 0.15) is 10.4 Å². The number of amides is 2. The van der Waals surface area contributed by atoms with Gasteiger partial charge in [0.05, 0.1) is 21.5 Å². The summed E-state index contributed by atoms with van der Waals surface area (Å²) >= 11 is 11.8. The summed E-state index contributed by atoms with van der Waals surface area (Å²) in [6, 6.07) is 10.2. The number of sulfonamides is 1. The van der Waals surface area contributed by atoms with Crippen LogP contribution in [-0.2, 0) is 14.8 Å². The Labute approximate surface area is 166 Å². The third kappa shape index (κ3) is 4.41. The molecule has 142 valence electrons. The third-order valence-electron chi connectivity index (χ3n) is 3.94. The second-order valence-electron chi connectivity index (χ2n) is 5.80. The minimum absolute atomic E-state index is 0.0169. The van der Waals surface area contributed by atoms with Gasteiger partial charge in [-0.15, -0.1) is 0 Å². The molecule has 2 aromatic carbocycles. The molecule has 1 heterocycles. The van der Waals surface area contributed by atoms with Gasteiger partial charge in [0, 0.05) is 24.3 Å². The minimum Gasteiger partial charge on any atom is -0.354 e. The van der Waals surface area contributed by atoms with Gasteiger partial charge in [0.1, 0.15) is 0 Å². The van der Waals surface area contributed by atoms with Crippen molar-refractivity contribution in [3.05, 3.63) is 58.1 Å². The van der Waals surface area contributed by atoms with Gasteiger partial charge in [0.15, 0.2) is 0 Å². The number of anilines is 1. The topological polar surface area (TPSA) is 95.6 Å². The minimum atomic E-state index is -3.80. The number of nitrogens with zero attached hydrogens (tertiary/aromatic N) is 1. The van der Waals surface area contributed by atoms with Crippen LogP contribution in [0.25, 0.3) is 0 Å². The average Bonchev–Trinajstić information content (AvgIpc) is 2.65. The number of piperazine rings is 1. The molecule has 2 amide bonds. The van der Waals surface area contributed by atoms with E-state index in [1.807, 2.05) is 0 Å². The van der Waals surface area contributed by atoms with Crippen LogP contribution in [0.2, 0.25) is 10.0 Å². The molecule has 0 unspecified atom stereocenters. The van der Waals surface area contributed by atoms with Gasteiger partial charge in [-0.2, -0.15) is 4.31 Å². The first-order valence-corrected chi connectivity index (χ1v) is 10.1. The number of hydrogen-bond donors (Lipinski definition) is 2. The molecule has 0 bridgehead atoms. The summed E-state index contributed by atoms with van der Waals surface area (Å²) in [4.78, 5) is 23.8. The molecular formula is C17H15Cl2N3O4S. The van der Waals surface area contributed by atoms with Crippen LogP contribution in [0.15, 0.2) is 47.4 Å². The molecule has 10 heteroatoms. The van der Waals surface area contributed by atoms with E-state index in [-0.39, 0.29) is 36.0 Å². The summed E-state index contributed by atoms with van der Waals surface area (Å²) in [5, 5.41) is 5.91. The van der Waals surface area contributed by atoms with E-state index in [1.54, 1.807) is 12.1 Å². The highest BCUT2D eigenvalue weighted by Gasteiger charge is 2.29. The van der Waals surface area contributed by atoms with Gasteiger partial charge in [0.2, 0.25) is 15.9 Å². The first kappa shape index (κ1) is 19.6. The van der Waals surface area contributed by atoms with Crippen LogP contribution in [0.3, 0.4) is 0 Å². The maximum Gasteiger partial charge on any atom is 0.255 e. The number of halogens is 2. The molecular weight excluding hydrogens is 413 g/mol. The van der Waals surface area contributed by atoms with Gasteiger partial charge in [-0.3, -0.25) is 9.59 Å². The second-order valence-corrected chi connectivity index (χ2v) is 8.55. The van der Waals surface area contributed by atoms with Gasteiger partial charge in [-0.05, 0) is 42.5 Å². The molecule has 0 aromatic heterocycles. The Morgan fingerprint density at radius 2 is 1.78 bits per heavy atom. The molecule has 0 atom stereocenters. The Hall–Kier alpha value is -2.13. The van der Waals surface area contributed by atoms with E-state index in [9.17, 15) is 18.0 Å². The molecule has 0 aliphatic carbocycles.